The lowest BCUT2D eigenvalue weighted by molar-refractivity contribution is -0.133. The lowest BCUT2D eigenvalue weighted by Gasteiger charge is -2.35. The second-order valence-corrected chi connectivity index (χ2v) is 9.06. The van der Waals surface area contributed by atoms with E-state index in [0.29, 0.717) is 12.3 Å². The second kappa shape index (κ2) is 10.9. The number of carbonyl (C=O) groups excluding carboxylic acids is 1. The van der Waals surface area contributed by atoms with Gasteiger partial charge < -0.3 is 14.4 Å². The summed E-state index contributed by atoms with van der Waals surface area (Å²) in [7, 11) is 3.37. The molecule has 0 unspecified atom stereocenters. The number of benzene rings is 1. The molecule has 32 heavy (non-hydrogen) atoms. The standard InChI is InChI=1S/C25H38N4O3/c1-18(2)16-29-20(4)23(19(3)26-29)8-10-25(30)28-13-11-27(12-14-28)17-21-15-22(31-5)7-9-24(21)32-6/h7,9,15,18H,8,10-14,16-17H2,1-6H3. The van der Waals surface area contributed by atoms with E-state index in [1.165, 1.54) is 11.3 Å². The van der Waals surface area contributed by atoms with Gasteiger partial charge in [0.15, 0.2) is 0 Å². The Morgan fingerprint density at radius 3 is 2.44 bits per heavy atom. The molecule has 0 atom stereocenters. The van der Waals surface area contributed by atoms with Gasteiger partial charge in [-0.25, -0.2) is 0 Å². The van der Waals surface area contributed by atoms with Gasteiger partial charge in [0.1, 0.15) is 11.5 Å². The molecule has 7 heteroatoms. The van der Waals surface area contributed by atoms with E-state index in [9.17, 15) is 4.79 Å². The lowest BCUT2D eigenvalue weighted by atomic mass is 10.1. The Kier molecular flexibility index (Phi) is 8.18. The van der Waals surface area contributed by atoms with Crippen molar-refractivity contribution >= 4 is 5.91 Å². The zero-order valence-electron chi connectivity index (χ0n) is 20.5. The van der Waals surface area contributed by atoms with E-state index in [1.807, 2.05) is 23.1 Å². The maximum Gasteiger partial charge on any atom is 0.222 e. The van der Waals surface area contributed by atoms with Crippen molar-refractivity contribution in [3.63, 3.8) is 0 Å². The maximum atomic E-state index is 12.9. The van der Waals surface area contributed by atoms with Crippen LogP contribution in [0.15, 0.2) is 18.2 Å². The van der Waals surface area contributed by atoms with Crippen molar-refractivity contribution in [3.8, 4) is 11.5 Å². The number of piperazine rings is 1. The highest BCUT2D eigenvalue weighted by Gasteiger charge is 2.23. The van der Waals surface area contributed by atoms with Crippen LogP contribution < -0.4 is 9.47 Å². The number of ether oxygens (including phenoxy) is 2. The summed E-state index contributed by atoms with van der Waals surface area (Å²) in [6.45, 7) is 13.5. The number of methoxy groups -OCH3 is 2. The van der Waals surface area contributed by atoms with Crippen LogP contribution >= 0.6 is 0 Å². The van der Waals surface area contributed by atoms with Gasteiger partial charge in [-0.2, -0.15) is 5.10 Å². The Hall–Kier alpha value is -2.54. The van der Waals surface area contributed by atoms with Crippen LogP contribution in [0.5, 0.6) is 11.5 Å². The van der Waals surface area contributed by atoms with Crippen LogP contribution in [0, 0.1) is 19.8 Å². The van der Waals surface area contributed by atoms with E-state index < -0.39 is 0 Å². The number of carbonyl (C=O) groups is 1. The number of hydrogen-bond acceptors (Lipinski definition) is 5. The molecule has 1 aliphatic heterocycles. The summed E-state index contributed by atoms with van der Waals surface area (Å²) in [6, 6.07) is 5.89. The molecule has 7 nitrogen and oxygen atoms in total. The van der Waals surface area contributed by atoms with Crippen molar-refractivity contribution in [2.45, 2.75) is 53.6 Å². The largest absolute Gasteiger partial charge is 0.497 e. The summed E-state index contributed by atoms with van der Waals surface area (Å²) in [5, 5.41) is 4.68. The topological polar surface area (TPSA) is 59.8 Å². The summed E-state index contributed by atoms with van der Waals surface area (Å²) in [5.41, 5.74) is 4.58. The fourth-order valence-electron chi connectivity index (χ4n) is 4.41. The molecular weight excluding hydrogens is 404 g/mol. The first-order valence-corrected chi connectivity index (χ1v) is 11.6. The normalized spacial score (nSPS) is 14.8. The van der Waals surface area contributed by atoms with Gasteiger partial charge in [0.05, 0.1) is 19.9 Å². The van der Waals surface area contributed by atoms with E-state index in [2.05, 4.69) is 42.4 Å². The highest BCUT2D eigenvalue weighted by atomic mass is 16.5. The number of rotatable bonds is 9. The van der Waals surface area contributed by atoms with E-state index in [4.69, 9.17) is 9.47 Å². The van der Waals surface area contributed by atoms with Crippen molar-refractivity contribution in [2.24, 2.45) is 5.92 Å². The van der Waals surface area contributed by atoms with Crippen LogP contribution in [-0.4, -0.2) is 65.9 Å². The van der Waals surface area contributed by atoms with E-state index in [-0.39, 0.29) is 5.91 Å². The third-order valence-corrected chi connectivity index (χ3v) is 6.26. The van der Waals surface area contributed by atoms with Gasteiger partial charge in [-0.15, -0.1) is 0 Å². The smallest absolute Gasteiger partial charge is 0.222 e. The molecule has 3 rings (SSSR count). The Morgan fingerprint density at radius 2 is 1.81 bits per heavy atom. The fourth-order valence-corrected chi connectivity index (χ4v) is 4.41. The van der Waals surface area contributed by atoms with Crippen molar-refractivity contribution in [1.29, 1.82) is 0 Å². The molecule has 176 valence electrons. The Balaban J connectivity index is 1.52. The highest BCUT2D eigenvalue weighted by molar-refractivity contribution is 5.76. The van der Waals surface area contributed by atoms with Crippen LogP contribution in [0.2, 0.25) is 0 Å². The quantitative estimate of drug-likeness (QED) is 0.595. The molecular formula is C25H38N4O3. The molecule has 2 aromatic rings. The zero-order valence-corrected chi connectivity index (χ0v) is 20.5. The first-order chi connectivity index (χ1) is 15.3. The summed E-state index contributed by atoms with van der Waals surface area (Å²) < 4.78 is 13.0. The second-order valence-electron chi connectivity index (χ2n) is 9.06. The molecule has 1 fully saturated rings. The Labute approximate surface area is 192 Å². The predicted octanol–water partition coefficient (Wildman–Crippen LogP) is 3.45. The van der Waals surface area contributed by atoms with Gasteiger partial charge in [-0.05, 0) is 49.9 Å². The van der Waals surface area contributed by atoms with E-state index in [0.717, 1.165) is 68.4 Å². The van der Waals surface area contributed by atoms with Crippen molar-refractivity contribution in [3.05, 3.63) is 40.7 Å². The van der Waals surface area contributed by atoms with Crippen LogP contribution in [0.25, 0.3) is 0 Å². The third kappa shape index (κ3) is 5.82. The van der Waals surface area contributed by atoms with Gasteiger partial charge in [-0.1, -0.05) is 13.8 Å². The molecule has 0 saturated carbocycles. The SMILES string of the molecule is COc1ccc(OC)c(CN2CCN(C(=O)CCc3c(C)nn(CC(C)C)c3C)CC2)c1. The summed E-state index contributed by atoms with van der Waals surface area (Å²) in [4.78, 5) is 17.2. The number of amides is 1. The minimum absolute atomic E-state index is 0.235. The van der Waals surface area contributed by atoms with Crippen LogP contribution in [-0.2, 0) is 24.3 Å². The minimum atomic E-state index is 0.235. The maximum absolute atomic E-state index is 12.9. The van der Waals surface area contributed by atoms with Gasteiger partial charge in [0.25, 0.3) is 0 Å². The van der Waals surface area contributed by atoms with Crippen molar-refractivity contribution < 1.29 is 14.3 Å². The molecule has 0 aliphatic carbocycles. The third-order valence-electron chi connectivity index (χ3n) is 6.26. The molecule has 1 saturated heterocycles. The minimum Gasteiger partial charge on any atom is -0.497 e. The molecule has 1 aromatic carbocycles. The lowest BCUT2D eigenvalue weighted by Crippen LogP contribution is -2.48. The molecule has 0 N–H and O–H groups in total. The van der Waals surface area contributed by atoms with Gasteiger partial charge in [0, 0.05) is 56.9 Å². The van der Waals surface area contributed by atoms with Crippen LogP contribution in [0.3, 0.4) is 0 Å². The molecule has 0 bridgehead atoms. The Morgan fingerprint density at radius 1 is 1.09 bits per heavy atom. The number of hydrogen-bond donors (Lipinski definition) is 0. The average molecular weight is 443 g/mol. The van der Waals surface area contributed by atoms with Crippen molar-refractivity contribution in [1.82, 2.24) is 19.6 Å². The summed E-state index contributed by atoms with van der Waals surface area (Å²) in [6.07, 6.45) is 1.30. The zero-order chi connectivity index (χ0) is 23.3. The first kappa shape index (κ1) is 24.1. The predicted molar refractivity (Wildman–Crippen MR) is 126 cm³/mol. The molecule has 1 aromatic heterocycles. The summed E-state index contributed by atoms with van der Waals surface area (Å²) in [5.74, 6) is 2.49. The monoisotopic (exact) mass is 442 g/mol. The summed E-state index contributed by atoms with van der Waals surface area (Å²) >= 11 is 0. The van der Waals surface area contributed by atoms with Crippen LogP contribution in [0.4, 0.5) is 0 Å². The van der Waals surface area contributed by atoms with E-state index in [1.54, 1.807) is 14.2 Å². The fraction of sp³-hybridized carbons (Fsp3) is 0.600. The molecule has 1 aliphatic rings. The highest BCUT2D eigenvalue weighted by Crippen LogP contribution is 2.26. The van der Waals surface area contributed by atoms with Gasteiger partial charge in [-0.3, -0.25) is 14.4 Å². The van der Waals surface area contributed by atoms with Crippen molar-refractivity contribution in [2.75, 3.05) is 40.4 Å². The molecule has 0 spiro atoms. The van der Waals surface area contributed by atoms with Crippen LogP contribution in [0.1, 0.15) is 42.8 Å². The average Bonchev–Trinajstić information content (AvgIpc) is 3.04. The van der Waals surface area contributed by atoms with E-state index >= 15 is 0 Å². The van der Waals surface area contributed by atoms with Gasteiger partial charge in [0.2, 0.25) is 5.91 Å². The van der Waals surface area contributed by atoms with Gasteiger partial charge >= 0.3 is 0 Å². The number of aromatic nitrogens is 2. The first-order valence-electron chi connectivity index (χ1n) is 11.6. The molecule has 1 amide bonds. The number of aryl methyl sites for hydroxylation is 1. The molecule has 0 radical (unpaired) electrons. The Bertz CT molecular complexity index is 914. The molecule has 2 heterocycles. The number of nitrogens with zero attached hydrogens (tertiary/aromatic N) is 4.